The summed E-state index contributed by atoms with van der Waals surface area (Å²) in [6.07, 6.45) is 1.64. The Labute approximate surface area is 192 Å². The molecule has 9 heteroatoms. The smallest absolute Gasteiger partial charge is 0.343 e. The van der Waals surface area contributed by atoms with Gasteiger partial charge in [0.2, 0.25) is 0 Å². The van der Waals surface area contributed by atoms with Crippen LogP contribution in [0.4, 0.5) is 4.79 Å². The minimum absolute atomic E-state index is 0.167. The molecule has 7 nitrogen and oxygen atoms in total. The van der Waals surface area contributed by atoms with E-state index in [0.717, 1.165) is 17.3 Å². The number of imide groups is 1. The van der Waals surface area contributed by atoms with Crippen LogP contribution >= 0.6 is 27.7 Å². The number of ether oxygens (including phenoxy) is 3. The molecule has 1 heterocycles. The lowest BCUT2D eigenvalue weighted by Gasteiger charge is -2.13. The Morgan fingerprint density at radius 1 is 1.13 bits per heavy atom. The molecule has 1 aliphatic rings. The molecule has 0 bridgehead atoms. The second-order valence-corrected chi connectivity index (χ2v) is 8.40. The molecule has 0 atom stereocenters. The molecule has 0 saturated carbocycles. The fourth-order valence-corrected chi connectivity index (χ4v) is 4.03. The molecule has 0 unspecified atom stereocenters. The van der Waals surface area contributed by atoms with E-state index in [-0.39, 0.29) is 30.9 Å². The highest BCUT2D eigenvalue weighted by Gasteiger charge is 2.34. The highest BCUT2D eigenvalue weighted by molar-refractivity contribution is 9.10. The summed E-state index contributed by atoms with van der Waals surface area (Å²) < 4.78 is 16.1. The number of carbonyl (C=O) groups is 3. The first-order valence-corrected chi connectivity index (χ1v) is 10.9. The Hall–Kier alpha value is -2.78. The van der Waals surface area contributed by atoms with Crippen LogP contribution in [-0.4, -0.2) is 48.9 Å². The highest BCUT2D eigenvalue weighted by Crippen LogP contribution is 2.33. The van der Waals surface area contributed by atoms with Gasteiger partial charge in [-0.3, -0.25) is 14.5 Å². The fraction of sp³-hybridized carbons (Fsp3) is 0.227. The van der Waals surface area contributed by atoms with Crippen molar-refractivity contribution in [2.24, 2.45) is 0 Å². The number of rotatable bonds is 8. The Balaban J connectivity index is 1.60. The molecule has 3 rings (SSSR count). The van der Waals surface area contributed by atoms with E-state index in [9.17, 15) is 14.4 Å². The molecule has 2 aromatic rings. The van der Waals surface area contributed by atoms with Crippen LogP contribution in [0.15, 0.2) is 51.8 Å². The van der Waals surface area contributed by atoms with Crippen LogP contribution in [0, 0.1) is 6.92 Å². The summed E-state index contributed by atoms with van der Waals surface area (Å²) in [5.41, 5.74) is 1.83. The second kappa shape index (κ2) is 10.5. The molecule has 31 heavy (non-hydrogen) atoms. The molecular formula is C22H20BrNO6S. The Kier molecular flexibility index (Phi) is 7.75. The second-order valence-electron chi connectivity index (χ2n) is 6.55. The van der Waals surface area contributed by atoms with E-state index in [1.54, 1.807) is 24.3 Å². The van der Waals surface area contributed by atoms with E-state index < -0.39 is 5.97 Å². The van der Waals surface area contributed by atoms with E-state index >= 15 is 0 Å². The van der Waals surface area contributed by atoms with Gasteiger partial charge in [-0.15, -0.1) is 0 Å². The van der Waals surface area contributed by atoms with E-state index in [2.05, 4.69) is 20.7 Å². The molecule has 0 N–H and O–H groups in total. The van der Waals surface area contributed by atoms with E-state index in [4.69, 9.17) is 9.47 Å². The summed E-state index contributed by atoms with van der Waals surface area (Å²) in [7, 11) is 1.28. The molecule has 162 valence electrons. The van der Waals surface area contributed by atoms with Gasteiger partial charge in [-0.1, -0.05) is 23.8 Å². The SMILES string of the molecule is COC(=O)COc1ccc(/C=C2\SC(=O)N(CCOc3ccc(C)cc3)C2=O)cc1Br. The minimum atomic E-state index is -0.490. The predicted molar refractivity (Wildman–Crippen MR) is 121 cm³/mol. The van der Waals surface area contributed by atoms with Gasteiger partial charge in [-0.25, -0.2) is 4.79 Å². The monoisotopic (exact) mass is 505 g/mol. The Bertz CT molecular complexity index is 1020. The van der Waals surface area contributed by atoms with E-state index in [0.29, 0.717) is 26.4 Å². The Morgan fingerprint density at radius 2 is 1.87 bits per heavy atom. The van der Waals surface area contributed by atoms with Crippen LogP contribution in [0.25, 0.3) is 6.08 Å². The van der Waals surface area contributed by atoms with Gasteiger partial charge in [-0.05, 0) is 70.5 Å². The number of hydrogen-bond donors (Lipinski definition) is 0. The van der Waals surface area contributed by atoms with E-state index in [1.807, 2.05) is 31.2 Å². The third kappa shape index (κ3) is 6.11. The molecule has 2 aromatic carbocycles. The van der Waals surface area contributed by atoms with Gasteiger partial charge in [0.1, 0.15) is 18.1 Å². The van der Waals surface area contributed by atoms with Gasteiger partial charge < -0.3 is 14.2 Å². The van der Waals surface area contributed by atoms with Gasteiger partial charge in [-0.2, -0.15) is 0 Å². The number of esters is 1. The molecule has 0 aromatic heterocycles. The summed E-state index contributed by atoms with van der Waals surface area (Å²) in [6.45, 7) is 2.15. The number of aryl methyl sites for hydroxylation is 1. The number of halogens is 1. The van der Waals surface area contributed by atoms with Crippen molar-refractivity contribution < 1.29 is 28.6 Å². The quantitative estimate of drug-likeness (QED) is 0.387. The van der Waals surface area contributed by atoms with Gasteiger partial charge >= 0.3 is 5.97 Å². The molecule has 0 aliphatic carbocycles. The number of methoxy groups -OCH3 is 1. The number of amides is 2. The van der Waals surface area contributed by atoms with Crippen LogP contribution < -0.4 is 9.47 Å². The van der Waals surface area contributed by atoms with Crippen molar-refractivity contribution in [3.8, 4) is 11.5 Å². The highest BCUT2D eigenvalue weighted by atomic mass is 79.9. The van der Waals surface area contributed by atoms with Crippen LogP contribution in [0.5, 0.6) is 11.5 Å². The number of benzene rings is 2. The zero-order valence-electron chi connectivity index (χ0n) is 16.9. The zero-order valence-corrected chi connectivity index (χ0v) is 19.3. The maximum atomic E-state index is 12.6. The third-order valence-electron chi connectivity index (χ3n) is 4.31. The molecule has 0 spiro atoms. The van der Waals surface area contributed by atoms with Crippen LogP contribution in [-0.2, 0) is 14.3 Å². The lowest BCUT2D eigenvalue weighted by atomic mass is 10.2. The van der Waals surface area contributed by atoms with Crippen molar-refractivity contribution in [3.63, 3.8) is 0 Å². The predicted octanol–water partition coefficient (Wildman–Crippen LogP) is 4.42. The van der Waals surface area contributed by atoms with Gasteiger partial charge in [0.25, 0.3) is 11.1 Å². The van der Waals surface area contributed by atoms with Crippen molar-refractivity contribution >= 4 is 50.9 Å². The van der Waals surface area contributed by atoms with Crippen molar-refractivity contribution in [2.45, 2.75) is 6.92 Å². The maximum absolute atomic E-state index is 12.6. The molecule has 1 fully saturated rings. The van der Waals surface area contributed by atoms with Gasteiger partial charge in [0.05, 0.1) is 23.0 Å². The number of carbonyl (C=O) groups excluding carboxylic acids is 3. The van der Waals surface area contributed by atoms with Crippen molar-refractivity contribution in [3.05, 3.63) is 63.0 Å². The summed E-state index contributed by atoms with van der Waals surface area (Å²) in [6, 6.07) is 12.7. The van der Waals surface area contributed by atoms with Crippen molar-refractivity contribution in [1.82, 2.24) is 4.90 Å². The fourth-order valence-electron chi connectivity index (χ4n) is 2.65. The van der Waals surface area contributed by atoms with E-state index in [1.165, 1.54) is 12.0 Å². The normalized spacial score (nSPS) is 14.8. The minimum Gasteiger partial charge on any atom is -0.492 e. The summed E-state index contributed by atoms with van der Waals surface area (Å²) in [4.78, 5) is 37.6. The molecule has 2 amide bonds. The van der Waals surface area contributed by atoms with Crippen LogP contribution in [0.2, 0.25) is 0 Å². The maximum Gasteiger partial charge on any atom is 0.343 e. The summed E-state index contributed by atoms with van der Waals surface area (Å²) in [5, 5.41) is -0.333. The molecule has 1 aliphatic heterocycles. The average molecular weight is 506 g/mol. The molecular weight excluding hydrogens is 486 g/mol. The standard InChI is InChI=1S/C22H20BrNO6S/c1-14-3-6-16(7-4-14)29-10-9-24-21(26)19(31-22(24)27)12-15-5-8-18(17(23)11-15)30-13-20(25)28-2/h3-8,11-12H,9-10,13H2,1-2H3/b19-12-. The van der Waals surface area contributed by atoms with Crippen LogP contribution in [0.3, 0.4) is 0 Å². The first kappa shape index (κ1) is 22.9. The number of thioether (sulfide) groups is 1. The Morgan fingerprint density at radius 3 is 2.55 bits per heavy atom. The summed E-state index contributed by atoms with van der Waals surface area (Å²) in [5.74, 6) is 0.303. The molecule has 1 saturated heterocycles. The lowest BCUT2D eigenvalue weighted by molar-refractivity contribution is -0.142. The number of hydrogen-bond acceptors (Lipinski definition) is 7. The largest absolute Gasteiger partial charge is 0.492 e. The molecule has 0 radical (unpaired) electrons. The van der Waals surface area contributed by atoms with Crippen molar-refractivity contribution in [2.75, 3.05) is 26.9 Å². The van der Waals surface area contributed by atoms with Gasteiger partial charge in [0, 0.05) is 0 Å². The lowest BCUT2D eigenvalue weighted by Crippen LogP contribution is -2.32. The van der Waals surface area contributed by atoms with Crippen molar-refractivity contribution in [1.29, 1.82) is 0 Å². The number of nitrogens with zero attached hydrogens (tertiary/aromatic N) is 1. The topological polar surface area (TPSA) is 82.1 Å². The third-order valence-corrected chi connectivity index (χ3v) is 5.83. The first-order valence-electron chi connectivity index (χ1n) is 9.31. The first-order chi connectivity index (χ1) is 14.9. The zero-order chi connectivity index (χ0) is 22.4. The summed E-state index contributed by atoms with van der Waals surface area (Å²) >= 11 is 4.26. The van der Waals surface area contributed by atoms with Gasteiger partial charge in [0.15, 0.2) is 6.61 Å². The average Bonchev–Trinajstić information content (AvgIpc) is 3.01. The van der Waals surface area contributed by atoms with Crippen LogP contribution in [0.1, 0.15) is 11.1 Å².